The number of halogens is 3. The van der Waals surface area contributed by atoms with Gasteiger partial charge in [-0.2, -0.15) is 13.2 Å². The second-order valence-corrected chi connectivity index (χ2v) is 4.64. The highest BCUT2D eigenvalue weighted by atomic mass is 19.4. The molecule has 0 atom stereocenters. The predicted molar refractivity (Wildman–Crippen MR) is 70.2 cm³/mol. The fraction of sp³-hybridized carbons (Fsp3) is 0.429. The normalized spacial score (nSPS) is 12.3. The summed E-state index contributed by atoms with van der Waals surface area (Å²) < 4.78 is 40.6. The fourth-order valence-electron chi connectivity index (χ4n) is 2.39. The molecule has 0 saturated carbocycles. The van der Waals surface area contributed by atoms with Gasteiger partial charge in [-0.05, 0) is 38.6 Å². The molecule has 1 aromatic heterocycles. The van der Waals surface area contributed by atoms with Crippen LogP contribution in [0.3, 0.4) is 0 Å². The van der Waals surface area contributed by atoms with E-state index in [1.54, 1.807) is 17.7 Å². The lowest BCUT2D eigenvalue weighted by Crippen LogP contribution is -2.10. The minimum Gasteiger partial charge on any atom is -0.347 e. The first kappa shape index (κ1) is 13.9. The third kappa shape index (κ3) is 2.76. The zero-order chi connectivity index (χ0) is 14.0. The monoisotopic (exact) mass is 270 g/mol. The summed E-state index contributed by atoms with van der Waals surface area (Å²) in [5.74, 6) is 0. The largest absolute Gasteiger partial charge is 0.418 e. The van der Waals surface area contributed by atoms with E-state index < -0.39 is 11.7 Å². The summed E-state index contributed by atoms with van der Waals surface area (Å²) in [5, 5.41) is 3.69. The standard InChI is InChI=1S/C14H17F3N2/c1-18-8-4-6-11-9-10-5-3-7-12(14(15,16)17)13(10)19(11)2/h3,5,7,9,18H,4,6,8H2,1-2H3. The Hall–Kier alpha value is -1.49. The molecular weight excluding hydrogens is 253 g/mol. The van der Waals surface area contributed by atoms with Gasteiger partial charge >= 0.3 is 6.18 Å². The Kier molecular flexibility index (Phi) is 3.85. The van der Waals surface area contributed by atoms with Crippen molar-refractivity contribution in [3.05, 3.63) is 35.5 Å². The van der Waals surface area contributed by atoms with E-state index >= 15 is 0 Å². The van der Waals surface area contributed by atoms with Crippen LogP contribution in [0.5, 0.6) is 0 Å². The highest BCUT2D eigenvalue weighted by molar-refractivity contribution is 5.85. The van der Waals surface area contributed by atoms with Crippen LogP contribution in [-0.2, 0) is 19.6 Å². The van der Waals surface area contributed by atoms with E-state index in [0.29, 0.717) is 5.39 Å². The molecule has 0 radical (unpaired) electrons. The maximum absolute atomic E-state index is 13.0. The molecule has 1 heterocycles. The van der Waals surface area contributed by atoms with E-state index in [-0.39, 0.29) is 5.52 Å². The minimum atomic E-state index is -4.31. The van der Waals surface area contributed by atoms with Gasteiger partial charge in [0, 0.05) is 18.1 Å². The zero-order valence-electron chi connectivity index (χ0n) is 11.0. The SMILES string of the molecule is CNCCCc1cc2cccc(C(F)(F)F)c2n1C. The Balaban J connectivity index is 2.46. The number of aromatic nitrogens is 1. The maximum atomic E-state index is 13.0. The molecule has 1 N–H and O–H groups in total. The Bertz CT molecular complexity index is 570. The van der Waals surface area contributed by atoms with Crippen LogP contribution in [0.15, 0.2) is 24.3 Å². The van der Waals surface area contributed by atoms with Crippen molar-refractivity contribution in [3.8, 4) is 0 Å². The lowest BCUT2D eigenvalue weighted by molar-refractivity contribution is -0.136. The first-order valence-electron chi connectivity index (χ1n) is 6.24. The van der Waals surface area contributed by atoms with Gasteiger partial charge in [0.2, 0.25) is 0 Å². The number of para-hydroxylation sites is 1. The van der Waals surface area contributed by atoms with Crippen molar-refractivity contribution in [1.29, 1.82) is 0 Å². The molecule has 0 fully saturated rings. The molecule has 19 heavy (non-hydrogen) atoms. The molecular formula is C14H17F3N2. The average molecular weight is 270 g/mol. The number of benzene rings is 1. The predicted octanol–water partition coefficient (Wildman–Crippen LogP) is 3.35. The van der Waals surface area contributed by atoms with Crippen molar-refractivity contribution in [2.24, 2.45) is 7.05 Å². The Morgan fingerprint density at radius 1 is 1.26 bits per heavy atom. The van der Waals surface area contributed by atoms with Crippen LogP contribution in [-0.4, -0.2) is 18.2 Å². The van der Waals surface area contributed by atoms with Gasteiger partial charge in [-0.25, -0.2) is 0 Å². The third-order valence-electron chi connectivity index (χ3n) is 3.32. The van der Waals surface area contributed by atoms with Gasteiger partial charge in [0.05, 0.1) is 11.1 Å². The lowest BCUT2D eigenvalue weighted by atomic mass is 10.1. The number of hydrogen-bond acceptors (Lipinski definition) is 1. The molecule has 1 aromatic carbocycles. The van der Waals surface area contributed by atoms with Gasteiger partial charge in [-0.1, -0.05) is 12.1 Å². The van der Waals surface area contributed by atoms with Crippen LogP contribution >= 0.6 is 0 Å². The van der Waals surface area contributed by atoms with Crippen LogP contribution in [0.1, 0.15) is 17.7 Å². The summed E-state index contributed by atoms with van der Waals surface area (Å²) in [6.45, 7) is 0.855. The number of aryl methyl sites for hydroxylation is 2. The summed E-state index contributed by atoms with van der Waals surface area (Å²) in [7, 11) is 3.57. The number of fused-ring (bicyclic) bond motifs is 1. The van der Waals surface area contributed by atoms with Gasteiger partial charge in [-0.3, -0.25) is 0 Å². The van der Waals surface area contributed by atoms with Crippen LogP contribution in [0.25, 0.3) is 10.9 Å². The topological polar surface area (TPSA) is 17.0 Å². The van der Waals surface area contributed by atoms with Crippen LogP contribution in [0.4, 0.5) is 13.2 Å². The number of nitrogens with one attached hydrogen (secondary N) is 1. The van der Waals surface area contributed by atoms with Crippen molar-refractivity contribution in [3.63, 3.8) is 0 Å². The second kappa shape index (κ2) is 5.25. The van der Waals surface area contributed by atoms with Crippen LogP contribution in [0.2, 0.25) is 0 Å². The maximum Gasteiger partial charge on any atom is 0.418 e. The zero-order valence-corrected chi connectivity index (χ0v) is 11.0. The van der Waals surface area contributed by atoms with E-state index in [4.69, 9.17) is 0 Å². The summed E-state index contributed by atoms with van der Waals surface area (Å²) in [5.41, 5.74) is 0.642. The first-order valence-corrected chi connectivity index (χ1v) is 6.24. The van der Waals surface area contributed by atoms with Crippen LogP contribution in [0, 0.1) is 0 Å². The average Bonchev–Trinajstić information content (AvgIpc) is 2.66. The molecule has 0 amide bonds. The van der Waals surface area contributed by atoms with Gasteiger partial charge in [0.15, 0.2) is 0 Å². The fourth-order valence-corrected chi connectivity index (χ4v) is 2.39. The molecule has 104 valence electrons. The van der Waals surface area contributed by atoms with Crippen molar-refractivity contribution in [2.75, 3.05) is 13.6 Å². The molecule has 5 heteroatoms. The van der Waals surface area contributed by atoms with E-state index in [2.05, 4.69) is 5.32 Å². The highest BCUT2D eigenvalue weighted by Gasteiger charge is 2.33. The quantitative estimate of drug-likeness (QED) is 0.843. The Morgan fingerprint density at radius 3 is 2.63 bits per heavy atom. The molecule has 2 nitrogen and oxygen atoms in total. The van der Waals surface area contributed by atoms with Crippen LogP contribution < -0.4 is 5.32 Å². The van der Waals surface area contributed by atoms with E-state index in [0.717, 1.165) is 31.1 Å². The third-order valence-corrected chi connectivity index (χ3v) is 3.32. The molecule has 0 aliphatic heterocycles. The first-order chi connectivity index (χ1) is 8.95. The van der Waals surface area contributed by atoms with Gasteiger partial charge in [0.1, 0.15) is 0 Å². The summed E-state index contributed by atoms with van der Waals surface area (Å²) in [6.07, 6.45) is -2.64. The number of nitrogens with zero attached hydrogens (tertiary/aromatic N) is 1. The number of rotatable bonds is 4. The molecule has 2 rings (SSSR count). The second-order valence-electron chi connectivity index (χ2n) is 4.64. The van der Waals surface area contributed by atoms with Gasteiger partial charge in [0.25, 0.3) is 0 Å². The van der Waals surface area contributed by atoms with E-state index in [9.17, 15) is 13.2 Å². The number of hydrogen-bond donors (Lipinski definition) is 1. The van der Waals surface area contributed by atoms with Crippen molar-refractivity contribution in [2.45, 2.75) is 19.0 Å². The van der Waals surface area contributed by atoms with Crippen molar-refractivity contribution >= 4 is 10.9 Å². The summed E-state index contributed by atoms with van der Waals surface area (Å²) >= 11 is 0. The summed E-state index contributed by atoms with van der Waals surface area (Å²) in [4.78, 5) is 0. The smallest absolute Gasteiger partial charge is 0.347 e. The minimum absolute atomic E-state index is 0.273. The molecule has 0 saturated heterocycles. The van der Waals surface area contributed by atoms with E-state index in [1.165, 1.54) is 6.07 Å². The molecule has 0 spiro atoms. The highest BCUT2D eigenvalue weighted by Crippen LogP contribution is 2.35. The molecule has 0 aliphatic rings. The lowest BCUT2D eigenvalue weighted by Gasteiger charge is -2.11. The molecule has 0 bridgehead atoms. The van der Waals surface area contributed by atoms with E-state index in [1.807, 2.05) is 13.1 Å². The molecule has 0 unspecified atom stereocenters. The molecule has 2 aromatic rings. The van der Waals surface area contributed by atoms with Crippen molar-refractivity contribution < 1.29 is 13.2 Å². The summed E-state index contributed by atoms with van der Waals surface area (Å²) in [6, 6.07) is 6.18. The Labute approximate surface area is 110 Å². The van der Waals surface area contributed by atoms with Gasteiger partial charge < -0.3 is 9.88 Å². The number of alkyl halides is 3. The van der Waals surface area contributed by atoms with Gasteiger partial charge in [-0.15, -0.1) is 0 Å². The Morgan fingerprint density at radius 2 is 2.00 bits per heavy atom. The molecule has 0 aliphatic carbocycles. The van der Waals surface area contributed by atoms with Crippen molar-refractivity contribution in [1.82, 2.24) is 9.88 Å².